The van der Waals surface area contributed by atoms with Gasteiger partial charge in [0.25, 0.3) is 11.8 Å². The van der Waals surface area contributed by atoms with Crippen molar-refractivity contribution in [3.8, 4) is 16.5 Å². The van der Waals surface area contributed by atoms with Gasteiger partial charge in [-0.25, -0.2) is 4.98 Å². The molecule has 9 heteroatoms. The highest BCUT2D eigenvalue weighted by Gasteiger charge is 2.21. The van der Waals surface area contributed by atoms with E-state index in [1.54, 1.807) is 24.9 Å². The number of anilines is 1. The number of methoxy groups -OCH3 is 1. The SMILES string of the molecule is COc1nn(CC2CCC2)cc1NC(=O)c1csc(-c2cn[nH]c2)n1. The summed E-state index contributed by atoms with van der Waals surface area (Å²) in [6, 6.07) is 0. The molecule has 0 radical (unpaired) electrons. The average molecular weight is 358 g/mol. The minimum Gasteiger partial charge on any atom is -0.478 e. The zero-order valence-corrected chi connectivity index (χ0v) is 14.5. The van der Waals surface area contributed by atoms with Crippen LogP contribution >= 0.6 is 11.3 Å². The van der Waals surface area contributed by atoms with Gasteiger partial charge in [-0.1, -0.05) is 6.42 Å². The van der Waals surface area contributed by atoms with Crippen molar-refractivity contribution in [2.75, 3.05) is 12.4 Å². The molecule has 0 unspecified atom stereocenters. The second-order valence-corrected chi connectivity index (χ2v) is 6.91. The first-order valence-electron chi connectivity index (χ1n) is 8.10. The fraction of sp³-hybridized carbons (Fsp3) is 0.375. The number of ether oxygens (including phenoxy) is 1. The zero-order valence-electron chi connectivity index (χ0n) is 13.7. The molecule has 0 aromatic carbocycles. The molecule has 1 aliphatic rings. The Kier molecular flexibility index (Phi) is 4.22. The first kappa shape index (κ1) is 15.8. The van der Waals surface area contributed by atoms with Crippen molar-refractivity contribution in [1.82, 2.24) is 25.0 Å². The summed E-state index contributed by atoms with van der Waals surface area (Å²) in [6.07, 6.45) is 8.99. The van der Waals surface area contributed by atoms with Crippen LogP contribution in [0.1, 0.15) is 29.8 Å². The fourth-order valence-electron chi connectivity index (χ4n) is 2.74. The highest BCUT2D eigenvalue weighted by molar-refractivity contribution is 7.13. The van der Waals surface area contributed by atoms with E-state index >= 15 is 0 Å². The van der Waals surface area contributed by atoms with Gasteiger partial charge < -0.3 is 10.1 Å². The van der Waals surface area contributed by atoms with Crippen LogP contribution in [0.4, 0.5) is 5.69 Å². The van der Waals surface area contributed by atoms with Gasteiger partial charge in [0.1, 0.15) is 16.4 Å². The molecule has 3 aromatic heterocycles. The lowest BCUT2D eigenvalue weighted by atomic mass is 9.85. The number of nitrogens with zero attached hydrogens (tertiary/aromatic N) is 4. The van der Waals surface area contributed by atoms with Gasteiger partial charge >= 0.3 is 0 Å². The number of hydrogen-bond acceptors (Lipinski definition) is 6. The molecule has 0 aliphatic heterocycles. The van der Waals surface area contributed by atoms with Crippen LogP contribution in [0.3, 0.4) is 0 Å². The average Bonchev–Trinajstić information content (AvgIpc) is 3.30. The number of amides is 1. The van der Waals surface area contributed by atoms with Crippen molar-refractivity contribution in [2.24, 2.45) is 5.92 Å². The Morgan fingerprint density at radius 1 is 1.52 bits per heavy atom. The molecule has 3 aromatic rings. The normalized spacial score (nSPS) is 14.3. The number of aromatic amines is 1. The third-order valence-corrected chi connectivity index (χ3v) is 5.21. The van der Waals surface area contributed by atoms with E-state index in [9.17, 15) is 4.79 Å². The predicted octanol–water partition coefficient (Wildman–Crippen LogP) is 2.79. The first-order chi connectivity index (χ1) is 12.2. The molecule has 3 heterocycles. The summed E-state index contributed by atoms with van der Waals surface area (Å²) in [5.41, 5.74) is 1.77. The quantitative estimate of drug-likeness (QED) is 0.706. The molecule has 1 aliphatic carbocycles. The highest BCUT2D eigenvalue weighted by atomic mass is 32.1. The molecule has 0 atom stereocenters. The molecular formula is C16H18N6O2S. The van der Waals surface area contributed by atoms with Crippen molar-refractivity contribution in [3.05, 3.63) is 29.7 Å². The maximum Gasteiger partial charge on any atom is 0.275 e. The van der Waals surface area contributed by atoms with Crippen molar-refractivity contribution < 1.29 is 9.53 Å². The van der Waals surface area contributed by atoms with Crippen LogP contribution in [-0.4, -0.2) is 38.0 Å². The smallest absolute Gasteiger partial charge is 0.275 e. The maximum absolute atomic E-state index is 12.5. The summed E-state index contributed by atoms with van der Waals surface area (Å²) in [5, 5.41) is 16.3. The Morgan fingerprint density at radius 3 is 3.08 bits per heavy atom. The van der Waals surface area contributed by atoms with Gasteiger partial charge in [-0.15, -0.1) is 16.4 Å². The van der Waals surface area contributed by atoms with Gasteiger partial charge in [-0.3, -0.25) is 14.6 Å². The van der Waals surface area contributed by atoms with Crippen LogP contribution in [-0.2, 0) is 6.54 Å². The number of carbonyl (C=O) groups excluding carboxylic acids is 1. The molecule has 2 N–H and O–H groups in total. The lowest BCUT2D eigenvalue weighted by molar-refractivity contribution is 0.102. The lowest BCUT2D eigenvalue weighted by Crippen LogP contribution is -2.18. The van der Waals surface area contributed by atoms with Gasteiger partial charge in [0.15, 0.2) is 0 Å². The zero-order chi connectivity index (χ0) is 17.2. The number of nitrogens with one attached hydrogen (secondary N) is 2. The number of rotatable bonds is 6. The summed E-state index contributed by atoms with van der Waals surface area (Å²) >= 11 is 1.40. The summed E-state index contributed by atoms with van der Waals surface area (Å²) in [6.45, 7) is 0.855. The van der Waals surface area contributed by atoms with Crippen LogP contribution in [0.5, 0.6) is 5.88 Å². The molecule has 8 nitrogen and oxygen atoms in total. The lowest BCUT2D eigenvalue weighted by Gasteiger charge is -2.24. The Hall–Kier alpha value is -2.68. The van der Waals surface area contributed by atoms with Crippen LogP contribution in [0.15, 0.2) is 24.0 Å². The monoisotopic (exact) mass is 358 g/mol. The van der Waals surface area contributed by atoms with Crippen molar-refractivity contribution in [2.45, 2.75) is 25.8 Å². The summed E-state index contributed by atoms with van der Waals surface area (Å²) in [7, 11) is 1.55. The third kappa shape index (κ3) is 3.27. The Morgan fingerprint density at radius 2 is 2.40 bits per heavy atom. The van der Waals surface area contributed by atoms with E-state index in [1.165, 1.54) is 30.6 Å². The van der Waals surface area contributed by atoms with E-state index in [1.807, 2.05) is 10.9 Å². The molecule has 25 heavy (non-hydrogen) atoms. The van der Waals surface area contributed by atoms with E-state index in [0.717, 1.165) is 17.1 Å². The van der Waals surface area contributed by atoms with Gasteiger partial charge in [-0.2, -0.15) is 5.10 Å². The van der Waals surface area contributed by atoms with E-state index < -0.39 is 0 Å². The van der Waals surface area contributed by atoms with Crippen molar-refractivity contribution in [1.29, 1.82) is 0 Å². The number of carbonyl (C=O) groups is 1. The molecule has 1 amide bonds. The standard InChI is InChI=1S/C16H18N6O2S/c1-24-15-12(8-22(21-15)7-10-3-2-4-10)19-14(23)13-9-25-16(20-13)11-5-17-18-6-11/h5-6,8-10H,2-4,7H2,1H3,(H,17,18)(H,19,23). The molecule has 0 bridgehead atoms. The second-order valence-electron chi connectivity index (χ2n) is 6.05. The number of aromatic nitrogens is 5. The molecule has 1 fully saturated rings. The number of thiazole rings is 1. The fourth-order valence-corrected chi connectivity index (χ4v) is 3.52. The number of hydrogen-bond donors (Lipinski definition) is 2. The number of H-pyrrole nitrogens is 1. The summed E-state index contributed by atoms with van der Waals surface area (Å²) < 4.78 is 7.13. The summed E-state index contributed by atoms with van der Waals surface area (Å²) in [4.78, 5) is 16.8. The van der Waals surface area contributed by atoms with Crippen molar-refractivity contribution >= 4 is 22.9 Å². The highest BCUT2D eigenvalue weighted by Crippen LogP contribution is 2.30. The Balaban J connectivity index is 1.48. The van der Waals surface area contributed by atoms with Gasteiger partial charge in [-0.05, 0) is 18.8 Å². The van der Waals surface area contributed by atoms with Crippen LogP contribution in [0, 0.1) is 5.92 Å². The Labute approximate surface area is 148 Å². The van der Waals surface area contributed by atoms with Gasteiger partial charge in [0, 0.05) is 23.7 Å². The second kappa shape index (κ2) is 6.67. The maximum atomic E-state index is 12.5. The van der Waals surface area contributed by atoms with Crippen LogP contribution < -0.4 is 10.1 Å². The van der Waals surface area contributed by atoms with Gasteiger partial charge in [0.05, 0.1) is 19.5 Å². The minimum absolute atomic E-state index is 0.285. The predicted molar refractivity (Wildman–Crippen MR) is 93.8 cm³/mol. The molecule has 130 valence electrons. The minimum atomic E-state index is -0.285. The molecule has 0 spiro atoms. The van der Waals surface area contributed by atoms with Crippen LogP contribution in [0.25, 0.3) is 10.6 Å². The third-order valence-electron chi connectivity index (χ3n) is 4.32. The van der Waals surface area contributed by atoms with E-state index in [4.69, 9.17) is 4.74 Å². The van der Waals surface area contributed by atoms with Gasteiger partial charge in [0.2, 0.25) is 0 Å². The first-order valence-corrected chi connectivity index (χ1v) is 8.98. The summed E-state index contributed by atoms with van der Waals surface area (Å²) in [5.74, 6) is 0.801. The van der Waals surface area contributed by atoms with Crippen LogP contribution in [0.2, 0.25) is 0 Å². The topological polar surface area (TPSA) is 97.7 Å². The van der Waals surface area contributed by atoms with E-state index in [2.05, 4.69) is 25.6 Å². The molecule has 4 rings (SSSR count). The van der Waals surface area contributed by atoms with Crippen molar-refractivity contribution in [3.63, 3.8) is 0 Å². The van der Waals surface area contributed by atoms with E-state index in [-0.39, 0.29) is 5.91 Å². The molecule has 0 saturated heterocycles. The largest absolute Gasteiger partial charge is 0.478 e. The molecule has 1 saturated carbocycles. The van der Waals surface area contributed by atoms with E-state index in [0.29, 0.717) is 23.2 Å². The Bertz CT molecular complexity index is 865. The molecular weight excluding hydrogens is 340 g/mol.